The number of ether oxygens (including phenoxy) is 2. The van der Waals surface area contributed by atoms with Gasteiger partial charge in [0.2, 0.25) is 0 Å². The molecule has 0 bridgehead atoms. The van der Waals surface area contributed by atoms with Gasteiger partial charge in [0, 0.05) is 44.6 Å². The molecule has 4 heterocycles. The molecular weight excluding hydrogens is 937 g/mol. The summed E-state index contributed by atoms with van der Waals surface area (Å²) in [5.41, 5.74) is 12.2. The summed E-state index contributed by atoms with van der Waals surface area (Å²) in [5.74, 6) is 6.22. The highest BCUT2D eigenvalue weighted by molar-refractivity contribution is 5.97. The third-order valence-electron chi connectivity index (χ3n) is 13.5. The van der Waals surface area contributed by atoms with Crippen molar-refractivity contribution in [1.29, 1.82) is 0 Å². The maximum atomic E-state index is 6.64. The van der Waals surface area contributed by atoms with Gasteiger partial charge in [-0.2, -0.15) is 0 Å². The van der Waals surface area contributed by atoms with Gasteiger partial charge in [-0.05, 0) is 78.4 Å². The molecule has 2 aliphatic rings. The van der Waals surface area contributed by atoms with Crippen molar-refractivity contribution in [1.82, 2.24) is 29.9 Å². The number of rotatable bonds is 9. The van der Waals surface area contributed by atoms with Crippen LogP contribution in [0.15, 0.2) is 255 Å². The lowest BCUT2D eigenvalue weighted by Gasteiger charge is -2.35. The SMILES string of the molecule is c1ccc(-c2nc(-c3ccccc3)nc(-c3cc(-c4ccc(-c5nc(-c6ccccc6)nc(-c6ccccc6)n5)cc4N4c5ccccc5Oc5ccccc54)cc(N4c5ccccc5Oc5ccccc54)c3)n2)cc1. The fraction of sp³-hybridized carbons (Fsp3) is 0. The zero-order chi connectivity index (χ0) is 50.4. The third kappa shape index (κ3) is 8.12. The van der Waals surface area contributed by atoms with Gasteiger partial charge in [0.25, 0.3) is 0 Å². The number of nitrogens with zero attached hydrogens (tertiary/aromatic N) is 8. The van der Waals surface area contributed by atoms with Gasteiger partial charge in [-0.15, -0.1) is 0 Å². The Labute approximate surface area is 438 Å². The first-order valence-electron chi connectivity index (χ1n) is 25.0. The molecule has 0 saturated carbocycles. The summed E-state index contributed by atoms with van der Waals surface area (Å²) in [6.45, 7) is 0. The molecule has 0 fully saturated rings. The lowest BCUT2D eigenvalue weighted by Crippen LogP contribution is -2.17. The van der Waals surface area contributed by atoms with Crippen molar-refractivity contribution in [3.8, 4) is 102 Å². The highest BCUT2D eigenvalue weighted by atomic mass is 16.5. The van der Waals surface area contributed by atoms with E-state index in [0.29, 0.717) is 34.9 Å². The average Bonchev–Trinajstić information content (AvgIpc) is 3.52. The topological polar surface area (TPSA) is 102 Å². The van der Waals surface area contributed by atoms with Gasteiger partial charge in [0.1, 0.15) is 0 Å². The zero-order valence-corrected chi connectivity index (χ0v) is 40.6. The Hall–Kier alpha value is -10.6. The third-order valence-corrected chi connectivity index (χ3v) is 13.5. The van der Waals surface area contributed by atoms with E-state index in [-0.39, 0.29) is 0 Å². The predicted octanol–water partition coefficient (Wildman–Crippen LogP) is 16.9. The number of hydrogen-bond donors (Lipinski definition) is 0. The van der Waals surface area contributed by atoms with E-state index in [1.807, 2.05) is 194 Å². The Morgan fingerprint density at radius 2 is 0.539 bits per heavy atom. The zero-order valence-electron chi connectivity index (χ0n) is 40.6. The lowest BCUT2D eigenvalue weighted by molar-refractivity contribution is 0.477. The first-order valence-corrected chi connectivity index (χ1v) is 25.0. The highest BCUT2D eigenvalue weighted by Gasteiger charge is 2.31. The van der Waals surface area contributed by atoms with E-state index in [1.54, 1.807) is 0 Å². The molecule has 10 aromatic carbocycles. The van der Waals surface area contributed by atoms with Crippen molar-refractivity contribution in [2.45, 2.75) is 0 Å². The van der Waals surface area contributed by atoms with Crippen LogP contribution in [0.25, 0.3) is 79.5 Å². The second kappa shape index (κ2) is 18.8. The number of para-hydroxylation sites is 8. The Morgan fingerprint density at radius 3 is 0.934 bits per heavy atom. The molecule has 0 aliphatic carbocycles. The van der Waals surface area contributed by atoms with Crippen molar-refractivity contribution < 1.29 is 9.47 Å². The van der Waals surface area contributed by atoms with E-state index in [0.717, 1.165) is 102 Å². The van der Waals surface area contributed by atoms with Crippen molar-refractivity contribution in [3.63, 3.8) is 0 Å². The molecule has 10 nitrogen and oxygen atoms in total. The molecular formula is C66H42N8O2. The van der Waals surface area contributed by atoms with Crippen molar-refractivity contribution in [3.05, 3.63) is 255 Å². The van der Waals surface area contributed by atoms with Crippen LogP contribution in [0.4, 0.5) is 34.1 Å². The van der Waals surface area contributed by atoms with Crippen LogP contribution in [-0.2, 0) is 0 Å². The maximum Gasteiger partial charge on any atom is 0.164 e. The molecule has 0 radical (unpaired) electrons. The van der Waals surface area contributed by atoms with Gasteiger partial charge >= 0.3 is 0 Å². The molecule has 0 amide bonds. The lowest BCUT2D eigenvalue weighted by atomic mass is 9.95. The van der Waals surface area contributed by atoms with E-state index >= 15 is 0 Å². The van der Waals surface area contributed by atoms with Crippen LogP contribution >= 0.6 is 0 Å². The van der Waals surface area contributed by atoms with Crippen molar-refractivity contribution in [2.24, 2.45) is 0 Å². The van der Waals surface area contributed by atoms with E-state index < -0.39 is 0 Å². The molecule has 10 heteroatoms. The average molecular weight is 979 g/mol. The number of hydrogen-bond acceptors (Lipinski definition) is 10. The fourth-order valence-corrected chi connectivity index (χ4v) is 9.95. The second-order valence-corrected chi connectivity index (χ2v) is 18.3. The summed E-state index contributed by atoms with van der Waals surface area (Å²) in [5, 5.41) is 0. The van der Waals surface area contributed by atoms with Gasteiger partial charge in [-0.1, -0.05) is 182 Å². The first-order chi connectivity index (χ1) is 37.6. The van der Waals surface area contributed by atoms with Crippen molar-refractivity contribution in [2.75, 3.05) is 9.80 Å². The molecule has 0 unspecified atom stereocenters. The van der Waals surface area contributed by atoms with E-state index in [9.17, 15) is 0 Å². The minimum Gasteiger partial charge on any atom is -0.453 e. The Kier molecular flexibility index (Phi) is 10.9. The number of benzene rings is 10. The van der Waals surface area contributed by atoms with Crippen LogP contribution < -0.4 is 19.3 Å². The van der Waals surface area contributed by atoms with E-state index in [2.05, 4.69) is 70.5 Å². The summed E-state index contributed by atoms with van der Waals surface area (Å²) >= 11 is 0. The van der Waals surface area contributed by atoms with Crippen molar-refractivity contribution >= 4 is 34.1 Å². The molecule has 0 N–H and O–H groups in total. The Balaban J connectivity index is 1.05. The molecule has 358 valence electrons. The van der Waals surface area contributed by atoms with Crippen LogP contribution in [0.1, 0.15) is 0 Å². The quantitative estimate of drug-likeness (QED) is 0.139. The molecule has 2 aromatic heterocycles. The number of fused-ring (bicyclic) bond motifs is 4. The molecule has 0 spiro atoms. The maximum absolute atomic E-state index is 6.64. The van der Waals surface area contributed by atoms with E-state index in [4.69, 9.17) is 39.4 Å². The molecule has 0 saturated heterocycles. The van der Waals surface area contributed by atoms with Crippen LogP contribution in [0, 0.1) is 0 Å². The first kappa shape index (κ1) is 44.1. The van der Waals surface area contributed by atoms with Gasteiger partial charge in [0.05, 0.1) is 28.4 Å². The monoisotopic (exact) mass is 978 g/mol. The highest BCUT2D eigenvalue weighted by Crippen LogP contribution is 2.55. The smallest absolute Gasteiger partial charge is 0.164 e. The molecule has 12 aromatic rings. The van der Waals surface area contributed by atoms with Gasteiger partial charge in [0.15, 0.2) is 57.9 Å². The molecule has 14 rings (SSSR count). The minimum absolute atomic E-state index is 0.512. The molecule has 76 heavy (non-hydrogen) atoms. The van der Waals surface area contributed by atoms with Crippen LogP contribution in [0.3, 0.4) is 0 Å². The summed E-state index contributed by atoms with van der Waals surface area (Å²) in [6, 6.07) is 85.8. The minimum atomic E-state index is 0.512. The summed E-state index contributed by atoms with van der Waals surface area (Å²) in [6.07, 6.45) is 0. The predicted molar refractivity (Wildman–Crippen MR) is 301 cm³/mol. The van der Waals surface area contributed by atoms with Crippen LogP contribution in [-0.4, -0.2) is 29.9 Å². The van der Waals surface area contributed by atoms with Gasteiger partial charge < -0.3 is 19.3 Å². The summed E-state index contributed by atoms with van der Waals surface area (Å²) in [7, 11) is 0. The van der Waals surface area contributed by atoms with Gasteiger partial charge in [-0.25, -0.2) is 29.9 Å². The van der Waals surface area contributed by atoms with Crippen LogP contribution in [0.2, 0.25) is 0 Å². The Morgan fingerprint density at radius 1 is 0.224 bits per heavy atom. The van der Waals surface area contributed by atoms with Crippen LogP contribution in [0.5, 0.6) is 23.0 Å². The normalized spacial score (nSPS) is 12.1. The Bertz CT molecular complexity index is 3940. The molecule has 0 atom stereocenters. The summed E-state index contributed by atoms with van der Waals surface area (Å²) in [4.78, 5) is 35.6. The molecule has 2 aliphatic heterocycles. The number of aromatic nitrogens is 6. The van der Waals surface area contributed by atoms with E-state index in [1.165, 1.54) is 0 Å². The fourth-order valence-electron chi connectivity index (χ4n) is 9.95. The summed E-state index contributed by atoms with van der Waals surface area (Å²) < 4.78 is 13.2. The standard InChI is InChI=1S/C66H42N8O2/c1-5-21-43(22-6-1)61-67-62(44-23-7-2-8-24-44)70-65(69-61)47-37-38-51(56(42-47)74-54-31-15-19-35-59(54)76-60-36-20-16-32-55(60)74)48-39-49(41-50(40-48)73-52-29-13-17-33-57(52)75-58-34-18-14-30-53(58)73)66-71-63(45-25-9-3-10-26-45)68-64(72-66)46-27-11-4-12-28-46/h1-42H. The van der Waals surface area contributed by atoms with Gasteiger partial charge in [-0.3, -0.25) is 0 Å². The second-order valence-electron chi connectivity index (χ2n) is 18.3. The number of anilines is 6. The largest absolute Gasteiger partial charge is 0.453 e.